The van der Waals surface area contributed by atoms with E-state index in [4.69, 9.17) is 9.47 Å². The molecule has 0 heterocycles. The molecule has 7 heteroatoms. The lowest BCUT2D eigenvalue weighted by Crippen LogP contribution is -2.08. The highest BCUT2D eigenvalue weighted by Gasteiger charge is 2.09. The third-order valence-corrected chi connectivity index (χ3v) is 4.80. The summed E-state index contributed by atoms with van der Waals surface area (Å²) in [4.78, 5) is 33.6. The van der Waals surface area contributed by atoms with Gasteiger partial charge in [0.1, 0.15) is 5.75 Å². The summed E-state index contributed by atoms with van der Waals surface area (Å²) in [5.41, 5.74) is -0.0518. The fourth-order valence-electron chi connectivity index (χ4n) is 3.03. The molecular weight excluding hydrogens is 386 g/mol. The van der Waals surface area contributed by atoms with Gasteiger partial charge in [-0.15, -0.1) is 0 Å². The molecular formula is C23H35NO6. The van der Waals surface area contributed by atoms with Crippen LogP contribution in [-0.4, -0.2) is 23.5 Å². The van der Waals surface area contributed by atoms with Crippen LogP contribution in [0.25, 0.3) is 0 Å². The van der Waals surface area contributed by atoms with Crippen LogP contribution in [0, 0.1) is 10.1 Å². The molecule has 0 fully saturated rings. The maximum absolute atomic E-state index is 11.8. The summed E-state index contributed by atoms with van der Waals surface area (Å²) in [6, 6.07) is 5.39. The van der Waals surface area contributed by atoms with Gasteiger partial charge < -0.3 is 9.47 Å². The highest BCUT2D eigenvalue weighted by atomic mass is 16.6. The van der Waals surface area contributed by atoms with Crippen molar-refractivity contribution in [3.8, 4) is 5.75 Å². The molecule has 0 unspecified atom stereocenters. The van der Waals surface area contributed by atoms with E-state index >= 15 is 0 Å². The normalized spacial score (nSPS) is 10.6. The topological polar surface area (TPSA) is 95.7 Å². The lowest BCUT2D eigenvalue weighted by molar-refractivity contribution is -0.384. The van der Waals surface area contributed by atoms with E-state index in [1.807, 2.05) is 0 Å². The Morgan fingerprint density at radius 3 is 1.93 bits per heavy atom. The zero-order valence-corrected chi connectivity index (χ0v) is 18.1. The number of unbranched alkanes of at least 4 members (excludes halogenated alkanes) is 9. The molecule has 0 aromatic heterocycles. The first-order valence-electron chi connectivity index (χ1n) is 11.1. The van der Waals surface area contributed by atoms with E-state index in [9.17, 15) is 19.7 Å². The van der Waals surface area contributed by atoms with E-state index in [0.29, 0.717) is 25.9 Å². The Morgan fingerprint density at radius 2 is 1.33 bits per heavy atom. The number of rotatable bonds is 17. The molecule has 30 heavy (non-hydrogen) atoms. The van der Waals surface area contributed by atoms with Crippen molar-refractivity contribution in [1.82, 2.24) is 0 Å². The van der Waals surface area contributed by atoms with Crippen molar-refractivity contribution in [1.29, 1.82) is 0 Å². The fraction of sp³-hybridized carbons (Fsp3) is 0.652. The van der Waals surface area contributed by atoms with Crippen molar-refractivity contribution in [2.45, 2.75) is 90.4 Å². The second kappa shape index (κ2) is 16.4. The van der Waals surface area contributed by atoms with Gasteiger partial charge in [-0.25, -0.2) is 0 Å². The van der Waals surface area contributed by atoms with Gasteiger partial charge in [0.05, 0.1) is 11.5 Å². The summed E-state index contributed by atoms with van der Waals surface area (Å²) in [6.07, 6.45) is 12.4. The molecule has 7 nitrogen and oxygen atoms in total. The van der Waals surface area contributed by atoms with Gasteiger partial charge >= 0.3 is 11.9 Å². The van der Waals surface area contributed by atoms with E-state index in [0.717, 1.165) is 19.3 Å². The first kappa shape index (κ1) is 25.6. The van der Waals surface area contributed by atoms with Crippen molar-refractivity contribution in [3.05, 3.63) is 34.4 Å². The lowest BCUT2D eigenvalue weighted by atomic mass is 10.1. The van der Waals surface area contributed by atoms with Crippen molar-refractivity contribution in [3.63, 3.8) is 0 Å². The Bertz CT molecular complexity index is 629. The molecule has 1 aromatic carbocycles. The molecule has 0 N–H and O–H groups in total. The Kier molecular flexibility index (Phi) is 14.0. The van der Waals surface area contributed by atoms with Crippen molar-refractivity contribution in [2.24, 2.45) is 0 Å². The number of non-ortho nitro benzene ring substituents is 1. The average molecular weight is 422 g/mol. The molecule has 0 spiro atoms. The monoisotopic (exact) mass is 421 g/mol. The summed E-state index contributed by atoms with van der Waals surface area (Å²) in [5.74, 6) is -0.275. The van der Waals surface area contributed by atoms with Crippen LogP contribution in [-0.2, 0) is 14.3 Å². The highest BCUT2D eigenvalue weighted by Crippen LogP contribution is 2.18. The number of carbonyl (C=O) groups excluding carboxylic acids is 2. The van der Waals surface area contributed by atoms with Crippen molar-refractivity contribution >= 4 is 17.6 Å². The molecule has 0 amide bonds. The smallest absolute Gasteiger partial charge is 0.311 e. The predicted octanol–water partition coefficient (Wildman–Crippen LogP) is 6.13. The van der Waals surface area contributed by atoms with Crippen molar-refractivity contribution in [2.75, 3.05) is 6.61 Å². The number of nitrogens with zero attached hydrogens (tertiary/aromatic N) is 1. The molecule has 0 radical (unpaired) electrons. The number of ether oxygens (including phenoxy) is 2. The Morgan fingerprint density at radius 1 is 0.800 bits per heavy atom. The number of nitro benzene ring substituents is 1. The van der Waals surface area contributed by atoms with Crippen LogP contribution in [0.4, 0.5) is 5.69 Å². The van der Waals surface area contributed by atoms with E-state index in [1.54, 1.807) is 0 Å². The largest absolute Gasteiger partial charge is 0.466 e. The van der Waals surface area contributed by atoms with Gasteiger partial charge in [0.15, 0.2) is 0 Å². The van der Waals surface area contributed by atoms with Crippen LogP contribution in [0.1, 0.15) is 90.4 Å². The zero-order chi connectivity index (χ0) is 22.0. The van der Waals surface area contributed by atoms with Gasteiger partial charge in [-0.3, -0.25) is 19.7 Å². The van der Waals surface area contributed by atoms with E-state index in [-0.39, 0.29) is 29.8 Å². The van der Waals surface area contributed by atoms with Crippen LogP contribution >= 0.6 is 0 Å². The Labute approximate surface area is 179 Å². The number of nitro groups is 1. The number of hydrogen-bond donors (Lipinski definition) is 0. The van der Waals surface area contributed by atoms with Crippen LogP contribution in [0.2, 0.25) is 0 Å². The molecule has 168 valence electrons. The molecule has 0 aliphatic rings. The summed E-state index contributed by atoms with van der Waals surface area (Å²) in [5, 5.41) is 10.6. The van der Waals surface area contributed by atoms with E-state index < -0.39 is 4.92 Å². The molecule has 0 saturated heterocycles. The molecule has 1 aromatic rings. The standard InChI is InChI=1S/C23H35NO6/c1-2-3-4-5-6-7-8-12-19-29-22(25)13-10-9-11-14-23(26)30-21-17-15-20(16-18-21)24(27)28/h15-18H,2-14,19H2,1H3. The Hall–Kier alpha value is -2.44. The zero-order valence-electron chi connectivity index (χ0n) is 18.1. The molecule has 0 atom stereocenters. The number of hydrogen-bond acceptors (Lipinski definition) is 6. The van der Waals surface area contributed by atoms with Gasteiger partial charge in [0.25, 0.3) is 5.69 Å². The van der Waals surface area contributed by atoms with E-state index in [1.165, 1.54) is 62.8 Å². The van der Waals surface area contributed by atoms with Gasteiger partial charge in [-0.2, -0.15) is 0 Å². The average Bonchev–Trinajstić information content (AvgIpc) is 2.72. The third-order valence-electron chi connectivity index (χ3n) is 4.80. The van der Waals surface area contributed by atoms with Crippen LogP contribution in [0.3, 0.4) is 0 Å². The number of benzene rings is 1. The molecule has 1 rings (SSSR count). The van der Waals surface area contributed by atoms with Crippen LogP contribution < -0.4 is 4.74 Å². The fourth-order valence-corrected chi connectivity index (χ4v) is 3.03. The van der Waals surface area contributed by atoms with Gasteiger partial charge in [0, 0.05) is 25.0 Å². The molecule has 0 aliphatic carbocycles. The predicted molar refractivity (Wildman–Crippen MR) is 115 cm³/mol. The second-order valence-electron chi connectivity index (χ2n) is 7.48. The highest BCUT2D eigenvalue weighted by molar-refractivity contribution is 5.72. The van der Waals surface area contributed by atoms with Crippen LogP contribution in [0.15, 0.2) is 24.3 Å². The van der Waals surface area contributed by atoms with Crippen molar-refractivity contribution < 1.29 is 24.0 Å². The first-order chi connectivity index (χ1) is 14.5. The van der Waals surface area contributed by atoms with Gasteiger partial charge in [0.2, 0.25) is 0 Å². The SMILES string of the molecule is CCCCCCCCCCOC(=O)CCCCCC(=O)Oc1ccc([N+](=O)[O-])cc1. The minimum absolute atomic E-state index is 0.0518. The first-order valence-corrected chi connectivity index (χ1v) is 11.1. The van der Waals surface area contributed by atoms with Gasteiger partial charge in [-0.05, 0) is 31.4 Å². The van der Waals surface area contributed by atoms with E-state index in [2.05, 4.69) is 6.92 Å². The lowest BCUT2D eigenvalue weighted by Gasteiger charge is -2.06. The van der Waals surface area contributed by atoms with Crippen LogP contribution in [0.5, 0.6) is 5.75 Å². The maximum atomic E-state index is 11.8. The maximum Gasteiger partial charge on any atom is 0.311 e. The molecule has 0 aliphatic heterocycles. The minimum atomic E-state index is -0.508. The third kappa shape index (κ3) is 12.9. The summed E-state index contributed by atoms with van der Waals surface area (Å²) < 4.78 is 10.4. The second-order valence-corrected chi connectivity index (χ2v) is 7.48. The molecule has 0 bridgehead atoms. The summed E-state index contributed by atoms with van der Waals surface area (Å²) in [6.45, 7) is 2.71. The minimum Gasteiger partial charge on any atom is -0.466 e. The Balaban J connectivity index is 1.97. The quantitative estimate of drug-likeness (QED) is 0.0986. The summed E-state index contributed by atoms with van der Waals surface area (Å²) >= 11 is 0. The number of carbonyl (C=O) groups is 2. The summed E-state index contributed by atoms with van der Waals surface area (Å²) in [7, 11) is 0. The molecule has 0 saturated carbocycles. The number of esters is 2. The van der Waals surface area contributed by atoms with Gasteiger partial charge in [-0.1, -0.05) is 58.3 Å².